The molecule has 3 rings (SSSR count). The van der Waals surface area contributed by atoms with Crippen LogP contribution < -0.4 is 10.6 Å². The normalized spacial score (nSPS) is 14.2. The molecule has 1 saturated heterocycles. The fourth-order valence-corrected chi connectivity index (χ4v) is 3.76. The number of benzene rings is 2. The van der Waals surface area contributed by atoms with Gasteiger partial charge in [0.15, 0.2) is 0 Å². The summed E-state index contributed by atoms with van der Waals surface area (Å²) in [5, 5.41) is 0. The molecule has 0 saturated carbocycles. The summed E-state index contributed by atoms with van der Waals surface area (Å²) in [6.45, 7) is 4.55. The fraction of sp³-hybridized carbons (Fsp3) is 0.375. The van der Waals surface area contributed by atoms with E-state index in [2.05, 4.69) is 0 Å². The van der Waals surface area contributed by atoms with Gasteiger partial charge in [0.1, 0.15) is 5.82 Å². The van der Waals surface area contributed by atoms with Crippen molar-refractivity contribution in [3.8, 4) is 0 Å². The van der Waals surface area contributed by atoms with E-state index in [1.54, 1.807) is 0 Å². The average molecular weight is 441 g/mol. The Morgan fingerprint density at radius 3 is 2.28 bits per heavy atom. The maximum atomic E-state index is 13.3. The van der Waals surface area contributed by atoms with Gasteiger partial charge in [-0.05, 0) is 42.3 Å². The number of halogens is 1. The van der Waals surface area contributed by atoms with E-state index in [0.717, 1.165) is 11.1 Å². The van der Waals surface area contributed by atoms with Crippen LogP contribution in [0.3, 0.4) is 0 Å². The van der Waals surface area contributed by atoms with Crippen molar-refractivity contribution >= 4 is 23.4 Å². The minimum Gasteiger partial charge on any atom is -0.370 e. The molecule has 0 atom stereocenters. The lowest BCUT2D eigenvalue weighted by molar-refractivity contribution is -0.132. The Hall–Kier alpha value is -3.26. The quantitative estimate of drug-likeness (QED) is 0.677. The van der Waals surface area contributed by atoms with Crippen molar-refractivity contribution in [3.63, 3.8) is 0 Å². The summed E-state index contributed by atoms with van der Waals surface area (Å²) >= 11 is 0. The van der Waals surface area contributed by atoms with Crippen LogP contribution in [-0.2, 0) is 20.8 Å². The van der Waals surface area contributed by atoms with Crippen molar-refractivity contribution in [1.29, 1.82) is 0 Å². The number of amides is 3. The van der Waals surface area contributed by atoms with Gasteiger partial charge >= 0.3 is 0 Å². The summed E-state index contributed by atoms with van der Waals surface area (Å²) in [4.78, 5) is 42.1. The van der Waals surface area contributed by atoms with Crippen molar-refractivity contribution < 1.29 is 18.8 Å². The third-order valence-corrected chi connectivity index (χ3v) is 5.71. The molecule has 2 aromatic carbocycles. The standard InChI is InChI=1S/C24H29FN4O3/c1-18-4-2-3-5-19(18)16-23(31)28-14-12-27(13-15-28)17-24(32)29(11-10-22(26)30)21-8-6-20(25)7-9-21/h2-9H,10-17H2,1H3,(H2,26,30). The second kappa shape index (κ2) is 10.9. The summed E-state index contributed by atoms with van der Waals surface area (Å²) in [6.07, 6.45) is 0.390. The molecule has 0 unspecified atom stereocenters. The summed E-state index contributed by atoms with van der Waals surface area (Å²) in [7, 11) is 0. The van der Waals surface area contributed by atoms with Crippen LogP contribution >= 0.6 is 0 Å². The molecule has 32 heavy (non-hydrogen) atoms. The van der Waals surface area contributed by atoms with Gasteiger partial charge in [0.2, 0.25) is 17.7 Å². The minimum atomic E-state index is -0.509. The van der Waals surface area contributed by atoms with E-state index in [0.29, 0.717) is 38.3 Å². The molecule has 0 spiro atoms. The number of hydrogen-bond acceptors (Lipinski definition) is 4. The first-order chi connectivity index (χ1) is 15.3. The predicted molar refractivity (Wildman–Crippen MR) is 120 cm³/mol. The monoisotopic (exact) mass is 440 g/mol. The summed E-state index contributed by atoms with van der Waals surface area (Å²) in [6, 6.07) is 13.4. The number of carbonyl (C=O) groups is 3. The van der Waals surface area contributed by atoms with Crippen LogP contribution in [0.2, 0.25) is 0 Å². The number of rotatable bonds is 8. The van der Waals surface area contributed by atoms with Crippen LogP contribution in [0.5, 0.6) is 0 Å². The van der Waals surface area contributed by atoms with Gasteiger partial charge in [-0.15, -0.1) is 0 Å². The van der Waals surface area contributed by atoms with Gasteiger partial charge in [0.05, 0.1) is 13.0 Å². The number of primary amides is 1. The molecule has 0 aromatic heterocycles. The third-order valence-electron chi connectivity index (χ3n) is 5.71. The van der Waals surface area contributed by atoms with E-state index in [9.17, 15) is 18.8 Å². The Labute approximate surface area is 187 Å². The van der Waals surface area contributed by atoms with Crippen molar-refractivity contribution in [3.05, 3.63) is 65.5 Å². The molecule has 0 radical (unpaired) electrons. The number of nitrogens with zero attached hydrogens (tertiary/aromatic N) is 3. The Morgan fingerprint density at radius 1 is 1.00 bits per heavy atom. The minimum absolute atomic E-state index is 0.0182. The first-order valence-corrected chi connectivity index (χ1v) is 10.7. The number of nitrogens with two attached hydrogens (primary N) is 1. The second-order valence-electron chi connectivity index (χ2n) is 8.00. The highest BCUT2D eigenvalue weighted by Gasteiger charge is 2.25. The van der Waals surface area contributed by atoms with Gasteiger partial charge < -0.3 is 15.5 Å². The molecule has 1 aliphatic rings. The molecule has 170 valence electrons. The number of hydrogen-bond donors (Lipinski definition) is 1. The predicted octanol–water partition coefficient (Wildman–Crippen LogP) is 1.73. The SMILES string of the molecule is Cc1ccccc1CC(=O)N1CCN(CC(=O)N(CCC(N)=O)c2ccc(F)cc2)CC1. The topological polar surface area (TPSA) is 87.0 Å². The molecule has 1 fully saturated rings. The molecule has 0 aliphatic carbocycles. The van der Waals surface area contributed by atoms with Crippen LogP contribution in [0.4, 0.5) is 10.1 Å². The fourth-order valence-electron chi connectivity index (χ4n) is 3.76. The van der Waals surface area contributed by atoms with Crippen LogP contribution in [0, 0.1) is 12.7 Å². The summed E-state index contributed by atoms with van der Waals surface area (Å²) < 4.78 is 13.3. The van der Waals surface area contributed by atoms with Crippen molar-refractivity contribution in [2.75, 3.05) is 44.2 Å². The molecule has 8 heteroatoms. The second-order valence-corrected chi connectivity index (χ2v) is 8.00. The van der Waals surface area contributed by atoms with Crippen molar-refractivity contribution in [2.45, 2.75) is 19.8 Å². The molecular formula is C24H29FN4O3. The highest BCUT2D eigenvalue weighted by molar-refractivity contribution is 5.95. The van der Waals surface area contributed by atoms with Gasteiger partial charge in [-0.2, -0.15) is 0 Å². The molecule has 0 bridgehead atoms. The van der Waals surface area contributed by atoms with Crippen LogP contribution in [0.25, 0.3) is 0 Å². The van der Waals surface area contributed by atoms with Gasteiger partial charge in [0.25, 0.3) is 0 Å². The smallest absolute Gasteiger partial charge is 0.241 e. The summed E-state index contributed by atoms with van der Waals surface area (Å²) in [5.41, 5.74) is 7.90. The summed E-state index contributed by atoms with van der Waals surface area (Å²) in [5.74, 6) is -1.02. The Morgan fingerprint density at radius 2 is 1.66 bits per heavy atom. The maximum absolute atomic E-state index is 13.3. The highest BCUT2D eigenvalue weighted by Crippen LogP contribution is 2.17. The molecule has 3 amide bonds. The third kappa shape index (κ3) is 6.37. The lowest BCUT2D eigenvalue weighted by Crippen LogP contribution is -2.52. The number of anilines is 1. The lowest BCUT2D eigenvalue weighted by atomic mass is 10.1. The van der Waals surface area contributed by atoms with Gasteiger partial charge in [0, 0.05) is 44.8 Å². The van der Waals surface area contributed by atoms with E-state index in [-0.39, 0.29) is 31.3 Å². The molecule has 1 aliphatic heterocycles. The van der Waals surface area contributed by atoms with E-state index in [4.69, 9.17) is 5.73 Å². The number of carbonyl (C=O) groups excluding carboxylic acids is 3. The first-order valence-electron chi connectivity index (χ1n) is 10.7. The molecule has 1 heterocycles. The van der Waals surface area contributed by atoms with Crippen molar-refractivity contribution in [2.24, 2.45) is 5.73 Å². The molecule has 2 N–H and O–H groups in total. The van der Waals surface area contributed by atoms with Crippen LogP contribution in [0.1, 0.15) is 17.5 Å². The zero-order valence-electron chi connectivity index (χ0n) is 18.3. The van der Waals surface area contributed by atoms with E-state index in [1.807, 2.05) is 41.0 Å². The molecule has 7 nitrogen and oxygen atoms in total. The van der Waals surface area contributed by atoms with Crippen LogP contribution in [0.15, 0.2) is 48.5 Å². The Bertz CT molecular complexity index is 956. The largest absolute Gasteiger partial charge is 0.370 e. The Balaban J connectivity index is 1.55. The number of piperazine rings is 1. The van der Waals surface area contributed by atoms with Gasteiger partial charge in [-0.1, -0.05) is 24.3 Å². The van der Waals surface area contributed by atoms with Gasteiger partial charge in [-0.25, -0.2) is 4.39 Å². The maximum Gasteiger partial charge on any atom is 0.241 e. The molecular weight excluding hydrogens is 411 g/mol. The highest BCUT2D eigenvalue weighted by atomic mass is 19.1. The average Bonchev–Trinajstić information content (AvgIpc) is 2.77. The van der Waals surface area contributed by atoms with E-state index < -0.39 is 11.7 Å². The van der Waals surface area contributed by atoms with E-state index in [1.165, 1.54) is 29.2 Å². The first kappa shape index (κ1) is 23.4. The Kier molecular flexibility index (Phi) is 7.94. The number of aryl methyl sites for hydroxylation is 1. The van der Waals surface area contributed by atoms with Crippen LogP contribution in [-0.4, -0.2) is 66.8 Å². The van der Waals surface area contributed by atoms with E-state index >= 15 is 0 Å². The zero-order chi connectivity index (χ0) is 23.1. The van der Waals surface area contributed by atoms with Gasteiger partial charge in [-0.3, -0.25) is 19.3 Å². The zero-order valence-corrected chi connectivity index (χ0v) is 18.3. The van der Waals surface area contributed by atoms with Crippen molar-refractivity contribution in [1.82, 2.24) is 9.80 Å². The molecule has 2 aromatic rings. The lowest BCUT2D eigenvalue weighted by Gasteiger charge is -2.35.